The number of hydrogen-bond acceptors (Lipinski definition) is 1. The van der Waals surface area contributed by atoms with Crippen molar-refractivity contribution in [3.8, 4) is 0 Å². The van der Waals surface area contributed by atoms with Crippen LogP contribution in [0, 0.1) is 0 Å². The van der Waals surface area contributed by atoms with Gasteiger partial charge in [0, 0.05) is 12.1 Å². The molecule has 0 unspecified atom stereocenters. The molecule has 2 nitrogen and oxygen atoms in total. The Morgan fingerprint density at radius 3 is 2.90 bits per heavy atom. The Hall–Kier alpha value is -0.760. The van der Waals surface area contributed by atoms with Crippen molar-refractivity contribution >= 4 is 17.7 Å². The Labute approximate surface area is 65.1 Å². The first kappa shape index (κ1) is 7.35. The van der Waals surface area contributed by atoms with Gasteiger partial charge in [0.1, 0.15) is 0 Å². The van der Waals surface area contributed by atoms with E-state index in [1.54, 1.807) is 12.5 Å². The van der Waals surface area contributed by atoms with Gasteiger partial charge in [0.05, 0.1) is 18.2 Å². The van der Waals surface area contributed by atoms with Gasteiger partial charge in [-0.15, -0.1) is 0 Å². The lowest BCUT2D eigenvalue weighted by Crippen LogP contribution is -1.86. The average molecular weight is 157 g/mol. The molecule has 1 rings (SSSR count). The second-order valence-electron chi connectivity index (χ2n) is 2.16. The normalized spacial score (nSPS) is 12.1. The summed E-state index contributed by atoms with van der Waals surface area (Å²) >= 11 is 5.66. The number of aromatic nitrogens is 2. The van der Waals surface area contributed by atoms with Crippen molar-refractivity contribution in [1.82, 2.24) is 9.55 Å². The molecule has 0 bridgehead atoms. The molecular formula is C7H9ClN2. The Balaban J connectivity index is 2.95. The second-order valence-corrected chi connectivity index (χ2v) is 2.76. The molecule has 0 aromatic carbocycles. The van der Waals surface area contributed by atoms with Crippen LogP contribution in [0.15, 0.2) is 17.6 Å². The maximum Gasteiger partial charge on any atom is 0.0948 e. The highest BCUT2D eigenvalue weighted by molar-refractivity contribution is 6.31. The van der Waals surface area contributed by atoms with Gasteiger partial charge in [-0.2, -0.15) is 0 Å². The maximum atomic E-state index is 5.66. The van der Waals surface area contributed by atoms with Crippen LogP contribution in [-0.2, 0) is 7.05 Å². The molecule has 1 heterocycles. The molecule has 0 saturated carbocycles. The number of nitrogens with zero attached hydrogens (tertiary/aromatic N) is 2. The second kappa shape index (κ2) is 2.88. The Morgan fingerprint density at radius 2 is 2.50 bits per heavy atom. The predicted molar refractivity (Wildman–Crippen MR) is 42.7 cm³/mol. The van der Waals surface area contributed by atoms with Gasteiger partial charge in [-0.1, -0.05) is 11.6 Å². The van der Waals surface area contributed by atoms with Crippen LogP contribution in [0.1, 0.15) is 12.6 Å². The molecule has 0 fully saturated rings. The lowest BCUT2D eigenvalue weighted by atomic mass is 10.4. The number of rotatable bonds is 1. The Kier molecular flexibility index (Phi) is 2.12. The summed E-state index contributed by atoms with van der Waals surface area (Å²) in [4.78, 5) is 3.93. The molecule has 0 saturated heterocycles. The van der Waals surface area contributed by atoms with E-state index in [1.807, 2.05) is 24.6 Å². The number of allylic oxidation sites excluding steroid dienone is 1. The van der Waals surface area contributed by atoms with Crippen LogP contribution in [-0.4, -0.2) is 9.55 Å². The molecular weight excluding hydrogens is 148 g/mol. The summed E-state index contributed by atoms with van der Waals surface area (Å²) in [5.41, 5.74) is 1.02. The highest BCUT2D eigenvalue weighted by Crippen LogP contribution is 2.06. The number of aryl methyl sites for hydroxylation is 1. The summed E-state index contributed by atoms with van der Waals surface area (Å²) in [5, 5.41) is 0.767. The summed E-state index contributed by atoms with van der Waals surface area (Å²) < 4.78 is 1.91. The fraction of sp³-hybridized carbons (Fsp3) is 0.286. The molecule has 10 heavy (non-hydrogen) atoms. The van der Waals surface area contributed by atoms with Gasteiger partial charge in [0.2, 0.25) is 0 Å². The standard InChI is InChI=1S/C7H9ClN2/c1-6(8)3-7-4-9-5-10(7)2/h3-5H,1-2H3/b6-3-. The minimum atomic E-state index is 0.767. The van der Waals surface area contributed by atoms with Crippen LogP contribution < -0.4 is 0 Å². The molecule has 0 spiro atoms. The topological polar surface area (TPSA) is 17.8 Å². The van der Waals surface area contributed by atoms with Gasteiger partial charge in [-0.25, -0.2) is 4.98 Å². The highest BCUT2D eigenvalue weighted by atomic mass is 35.5. The lowest BCUT2D eigenvalue weighted by Gasteiger charge is -1.92. The van der Waals surface area contributed by atoms with Crippen LogP contribution in [0.5, 0.6) is 0 Å². The summed E-state index contributed by atoms with van der Waals surface area (Å²) in [6.07, 6.45) is 5.38. The summed E-state index contributed by atoms with van der Waals surface area (Å²) in [6, 6.07) is 0. The van der Waals surface area contributed by atoms with Gasteiger partial charge in [-0.05, 0) is 13.0 Å². The van der Waals surface area contributed by atoms with Gasteiger partial charge in [-0.3, -0.25) is 0 Å². The van der Waals surface area contributed by atoms with Crippen molar-refractivity contribution in [3.63, 3.8) is 0 Å². The van der Waals surface area contributed by atoms with Crippen molar-refractivity contribution in [2.75, 3.05) is 0 Å². The minimum Gasteiger partial charge on any atom is -0.334 e. The van der Waals surface area contributed by atoms with E-state index in [1.165, 1.54) is 0 Å². The molecule has 0 aliphatic rings. The van der Waals surface area contributed by atoms with Crippen LogP contribution in [0.2, 0.25) is 0 Å². The summed E-state index contributed by atoms with van der Waals surface area (Å²) in [6.45, 7) is 1.84. The van der Waals surface area contributed by atoms with E-state index in [0.717, 1.165) is 10.7 Å². The van der Waals surface area contributed by atoms with Crippen molar-refractivity contribution in [1.29, 1.82) is 0 Å². The Morgan fingerprint density at radius 1 is 1.80 bits per heavy atom. The first-order chi connectivity index (χ1) is 4.70. The monoisotopic (exact) mass is 156 g/mol. The van der Waals surface area contributed by atoms with Gasteiger partial charge >= 0.3 is 0 Å². The molecule has 0 aliphatic heterocycles. The number of halogens is 1. The van der Waals surface area contributed by atoms with Crippen LogP contribution >= 0.6 is 11.6 Å². The number of imidazole rings is 1. The molecule has 0 aliphatic carbocycles. The molecule has 0 amide bonds. The molecule has 1 aromatic heterocycles. The Bertz CT molecular complexity index is 246. The maximum absolute atomic E-state index is 5.66. The third-order valence-electron chi connectivity index (χ3n) is 1.20. The van der Waals surface area contributed by atoms with E-state index in [0.29, 0.717) is 0 Å². The minimum absolute atomic E-state index is 0.767. The van der Waals surface area contributed by atoms with E-state index in [4.69, 9.17) is 11.6 Å². The lowest BCUT2D eigenvalue weighted by molar-refractivity contribution is 0.902. The fourth-order valence-corrected chi connectivity index (χ4v) is 0.822. The molecule has 1 aromatic rings. The number of hydrogen-bond donors (Lipinski definition) is 0. The fourth-order valence-electron chi connectivity index (χ4n) is 0.710. The van der Waals surface area contributed by atoms with E-state index in [9.17, 15) is 0 Å². The van der Waals surface area contributed by atoms with E-state index in [-0.39, 0.29) is 0 Å². The van der Waals surface area contributed by atoms with Crippen molar-refractivity contribution < 1.29 is 0 Å². The van der Waals surface area contributed by atoms with E-state index in [2.05, 4.69) is 4.98 Å². The quantitative estimate of drug-likeness (QED) is 0.609. The first-order valence-electron chi connectivity index (χ1n) is 3.00. The third kappa shape index (κ3) is 1.61. The van der Waals surface area contributed by atoms with Crippen molar-refractivity contribution in [3.05, 3.63) is 23.3 Å². The predicted octanol–water partition coefficient (Wildman–Crippen LogP) is 2.02. The van der Waals surface area contributed by atoms with E-state index < -0.39 is 0 Å². The molecule has 0 N–H and O–H groups in total. The molecule has 54 valence electrons. The highest BCUT2D eigenvalue weighted by Gasteiger charge is 1.91. The van der Waals surface area contributed by atoms with Crippen molar-refractivity contribution in [2.24, 2.45) is 7.05 Å². The van der Waals surface area contributed by atoms with Gasteiger partial charge in [0.15, 0.2) is 0 Å². The smallest absolute Gasteiger partial charge is 0.0948 e. The summed E-state index contributed by atoms with van der Waals surface area (Å²) in [7, 11) is 1.93. The average Bonchev–Trinajstić information content (AvgIpc) is 2.15. The van der Waals surface area contributed by atoms with Gasteiger partial charge < -0.3 is 4.57 Å². The van der Waals surface area contributed by atoms with Crippen LogP contribution in [0.3, 0.4) is 0 Å². The summed E-state index contributed by atoms with van der Waals surface area (Å²) in [5.74, 6) is 0. The zero-order valence-corrected chi connectivity index (χ0v) is 6.76. The SMILES string of the molecule is C/C(Cl)=C/c1cncn1C. The van der Waals surface area contributed by atoms with Crippen LogP contribution in [0.4, 0.5) is 0 Å². The van der Waals surface area contributed by atoms with Gasteiger partial charge in [0.25, 0.3) is 0 Å². The third-order valence-corrected chi connectivity index (χ3v) is 1.31. The largest absolute Gasteiger partial charge is 0.334 e. The van der Waals surface area contributed by atoms with Crippen molar-refractivity contribution in [2.45, 2.75) is 6.92 Å². The first-order valence-corrected chi connectivity index (χ1v) is 3.38. The van der Waals surface area contributed by atoms with E-state index >= 15 is 0 Å². The van der Waals surface area contributed by atoms with Crippen LogP contribution in [0.25, 0.3) is 6.08 Å². The molecule has 0 radical (unpaired) electrons. The zero-order chi connectivity index (χ0) is 7.56. The molecule has 3 heteroatoms. The molecule has 0 atom stereocenters. The zero-order valence-electron chi connectivity index (χ0n) is 6.00.